The molecule has 1 aromatic carbocycles. The van der Waals surface area contributed by atoms with Crippen LogP contribution in [0.3, 0.4) is 0 Å². The maximum absolute atomic E-state index is 12.1. The van der Waals surface area contributed by atoms with Gasteiger partial charge < -0.3 is 19.7 Å². The van der Waals surface area contributed by atoms with Gasteiger partial charge in [-0.3, -0.25) is 4.79 Å². The lowest BCUT2D eigenvalue weighted by molar-refractivity contribution is 0.101. The summed E-state index contributed by atoms with van der Waals surface area (Å²) >= 11 is 0. The smallest absolute Gasteiger partial charge is 0.277 e. The number of nitrogens with zero attached hydrogens (tertiary/aromatic N) is 1. The maximum atomic E-state index is 12.1. The number of aliphatic hydroxyl groups excluding tert-OH is 1. The van der Waals surface area contributed by atoms with Crippen molar-refractivity contribution in [1.29, 1.82) is 0 Å². The van der Waals surface area contributed by atoms with Crippen molar-refractivity contribution in [3.05, 3.63) is 41.3 Å². The zero-order valence-corrected chi connectivity index (χ0v) is 12.2. The van der Waals surface area contributed by atoms with Crippen molar-refractivity contribution < 1.29 is 19.2 Å². The Labute approximate surface area is 122 Å². The summed E-state index contributed by atoms with van der Waals surface area (Å²) in [6, 6.07) is 6.66. The molecular formula is C15H18N2O4. The molecule has 6 nitrogen and oxygen atoms in total. The average molecular weight is 290 g/mol. The second-order valence-electron chi connectivity index (χ2n) is 4.90. The summed E-state index contributed by atoms with van der Waals surface area (Å²) in [7, 11) is 1.54. The maximum Gasteiger partial charge on any atom is 0.277 e. The summed E-state index contributed by atoms with van der Waals surface area (Å²) in [4.78, 5) is 12.1. The molecule has 0 aliphatic rings. The van der Waals surface area contributed by atoms with Crippen LogP contribution in [0, 0.1) is 0 Å². The van der Waals surface area contributed by atoms with Gasteiger partial charge in [0.2, 0.25) is 0 Å². The zero-order chi connectivity index (χ0) is 15.4. The number of carbonyl (C=O) groups is 1. The van der Waals surface area contributed by atoms with Gasteiger partial charge in [-0.25, -0.2) is 0 Å². The Morgan fingerprint density at radius 1 is 1.43 bits per heavy atom. The lowest BCUT2D eigenvalue weighted by Crippen LogP contribution is -2.13. The van der Waals surface area contributed by atoms with Crippen LogP contribution in [0.15, 0.2) is 28.8 Å². The molecule has 0 unspecified atom stereocenters. The fourth-order valence-electron chi connectivity index (χ4n) is 1.80. The van der Waals surface area contributed by atoms with E-state index in [1.54, 1.807) is 24.3 Å². The van der Waals surface area contributed by atoms with Crippen LogP contribution in [-0.2, 0) is 6.61 Å². The Kier molecular flexibility index (Phi) is 4.59. The van der Waals surface area contributed by atoms with Crippen LogP contribution < -0.4 is 10.1 Å². The number of aromatic nitrogens is 1. The number of benzene rings is 1. The van der Waals surface area contributed by atoms with Gasteiger partial charge in [-0.15, -0.1) is 0 Å². The van der Waals surface area contributed by atoms with Crippen LogP contribution in [0.1, 0.15) is 41.6 Å². The Balaban J connectivity index is 2.18. The van der Waals surface area contributed by atoms with Crippen molar-refractivity contribution in [3.63, 3.8) is 0 Å². The van der Waals surface area contributed by atoms with E-state index in [-0.39, 0.29) is 24.1 Å². The van der Waals surface area contributed by atoms with Gasteiger partial charge in [0.15, 0.2) is 5.69 Å². The monoisotopic (exact) mass is 290 g/mol. The van der Waals surface area contributed by atoms with E-state index < -0.39 is 0 Å². The predicted molar refractivity (Wildman–Crippen MR) is 77.5 cm³/mol. The third-order valence-electron chi connectivity index (χ3n) is 3.06. The molecule has 0 bridgehead atoms. The third kappa shape index (κ3) is 3.41. The van der Waals surface area contributed by atoms with Gasteiger partial charge in [-0.1, -0.05) is 19.0 Å². The summed E-state index contributed by atoms with van der Waals surface area (Å²) < 4.78 is 10.2. The summed E-state index contributed by atoms with van der Waals surface area (Å²) in [5, 5.41) is 15.8. The third-order valence-corrected chi connectivity index (χ3v) is 3.06. The van der Waals surface area contributed by atoms with Crippen LogP contribution in [0.2, 0.25) is 0 Å². The van der Waals surface area contributed by atoms with E-state index in [0.717, 1.165) is 0 Å². The normalized spacial score (nSPS) is 10.7. The second-order valence-corrected chi connectivity index (χ2v) is 4.90. The van der Waals surface area contributed by atoms with Crippen molar-refractivity contribution in [2.75, 3.05) is 12.4 Å². The molecule has 112 valence electrons. The van der Waals surface area contributed by atoms with E-state index in [1.165, 1.54) is 7.11 Å². The fraction of sp³-hybridized carbons (Fsp3) is 0.333. The average Bonchev–Trinajstić information content (AvgIpc) is 2.97. The first kappa shape index (κ1) is 15.1. The van der Waals surface area contributed by atoms with Crippen LogP contribution in [0.25, 0.3) is 0 Å². The van der Waals surface area contributed by atoms with Gasteiger partial charge in [0.05, 0.1) is 13.7 Å². The van der Waals surface area contributed by atoms with Crippen molar-refractivity contribution in [2.24, 2.45) is 0 Å². The van der Waals surface area contributed by atoms with Gasteiger partial charge in [0.25, 0.3) is 5.91 Å². The first-order valence-electron chi connectivity index (χ1n) is 6.61. The Morgan fingerprint density at radius 3 is 2.76 bits per heavy atom. The fourth-order valence-corrected chi connectivity index (χ4v) is 1.80. The van der Waals surface area contributed by atoms with Crippen LogP contribution in [0.5, 0.6) is 5.75 Å². The SMILES string of the molecule is COc1ccc(NC(=O)c2cc(C(C)C)on2)c(CO)c1. The molecule has 2 aromatic rings. The summed E-state index contributed by atoms with van der Waals surface area (Å²) in [5.41, 5.74) is 1.28. The minimum atomic E-state index is -0.384. The summed E-state index contributed by atoms with van der Waals surface area (Å²) in [5.74, 6) is 1.04. The van der Waals surface area contributed by atoms with Gasteiger partial charge in [0, 0.05) is 23.2 Å². The lowest BCUT2D eigenvalue weighted by atomic mass is 10.1. The highest BCUT2D eigenvalue weighted by Gasteiger charge is 2.16. The van der Waals surface area contributed by atoms with Gasteiger partial charge in [0.1, 0.15) is 11.5 Å². The molecule has 0 atom stereocenters. The number of ether oxygens (including phenoxy) is 1. The number of rotatable bonds is 5. The molecular weight excluding hydrogens is 272 g/mol. The molecule has 0 aliphatic carbocycles. The van der Waals surface area contributed by atoms with Crippen LogP contribution in [0.4, 0.5) is 5.69 Å². The second kappa shape index (κ2) is 6.41. The molecule has 1 aromatic heterocycles. The molecule has 0 saturated carbocycles. The zero-order valence-electron chi connectivity index (χ0n) is 12.2. The minimum Gasteiger partial charge on any atom is -0.497 e. The number of aliphatic hydroxyl groups is 1. The molecule has 2 N–H and O–H groups in total. The number of methoxy groups -OCH3 is 1. The molecule has 0 aliphatic heterocycles. The van der Waals surface area contributed by atoms with Crippen molar-refractivity contribution in [1.82, 2.24) is 5.16 Å². The summed E-state index contributed by atoms with van der Waals surface area (Å²) in [6.07, 6.45) is 0. The van der Waals surface area contributed by atoms with E-state index in [2.05, 4.69) is 10.5 Å². The predicted octanol–water partition coefficient (Wildman–Crippen LogP) is 2.55. The topological polar surface area (TPSA) is 84.6 Å². The number of anilines is 1. The van der Waals surface area contributed by atoms with E-state index in [1.807, 2.05) is 13.8 Å². The first-order chi connectivity index (χ1) is 10.0. The van der Waals surface area contributed by atoms with Gasteiger partial charge in [-0.2, -0.15) is 0 Å². The van der Waals surface area contributed by atoms with E-state index >= 15 is 0 Å². The Bertz CT molecular complexity index is 634. The van der Waals surface area contributed by atoms with Gasteiger partial charge >= 0.3 is 0 Å². The van der Waals surface area contributed by atoms with Crippen molar-refractivity contribution in [2.45, 2.75) is 26.4 Å². The van der Waals surface area contributed by atoms with Gasteiger partial charge in [-0.05, 0) is 18.2 Å². The molecule has 6 heteroatoms. The standard InChI is InChI=1S/C15H18N2O4/c1-9(2)14-7-13(17-21-14)15(19)16-12-5-4-11(20-3)6-10(12)8-18/h4-7,9,18H,8H2,1-3H3,(H,16,19). The molecule has 21 heavy (non-hydrogen) atoms. The molecule has 0 saturated heterocycles. The molecule has 0 fully saturated rings. The van der Waals surface area contributed by atoms with E-state index in [0.29, 0.717) is 22.8 Å². The molecule has 0 spiro atoms. The highest BCUT2D eigenvalue weighted by molar-refractivity contribution is 6.03. The number of hydrogen-bond acceptors (Lipinski definition) is 5. The van der Waals surface area contributed by atoms with Crippen molar-refractivity contribution in [3.8, 4) is 5.75 Å². The highest BCUT2D eigenvalue weighted by atomic mass is 16.5. The summed E-state index contributed by atoms with van der Waals surface area (Å²) in [6.45, 7) is 3.70. The largest absolute Gasteiger partial charge is 0.497 e. The van der Waals surface area contributed by atoms with Crippen LogP contribution >= 0.6 is 0 Å². The highest BCUT2D eigenvalue weighted by Crippen LogP contribution is 2.23. The number of hydrogen-bond donors (Lipinski definition) is 2. The molecule has 1 heterocycles. The van der Waals surface area contributed by atoms with E-state index in [9.17, 15) is 9.90 Å². The Morgan fingerprint density at radius 2 is 2.19 bits per heavy atom. The first-order valence-corrected chi connectivity index (χ1v) is 6.61. The molecule has 2 rings (SSSR count). The number of nitrogens with one attached hydrogen (secondary N) is 1. The van der Waals surface area contributed by atoms with E-state index in [4.69, 9.17) is 9.26 Å². The molecule has 0 radical (unpaired) electrons. The minimum absolute atomic E-state index is 0.160. The quantitative estimate of drug-likeness (QED) is 0.884. The van der Waals surface area contributed by atoms with Crippen molar-refractivity contribution >= 4 is 11.6 Å². The van der Waals surface area contributed by atoms with Crippen LogP contribution in [-0.4, -0.2) is 23.3 Å². The Hall–Kier alpha value is -2.34. The lowest BCUT2D eigenvalue weighted by Gasteiger charge is -2.10. The number of amides is 1. The number of carbonyl (C=O) groups excluding carboxylic acids is 1. The molecule has 1 amide bonds.